The van der Waals surface area contributed by atoms with Crippen LogP contribution in [0.5, 0.6) is 0 Å². The molecule has 3 aromatic heterocycles. The summed E-state index contributed by atoms with van der Waals surface area (Å²) in [6.45, 7) is 2.03. The third-order valence-corrected chi connectivity index (χ3v) is 5.19. The molecule has 0 radical (unpaired) electrons. The lowest BCUT2D eigenvalue weighted by molar-refractivity contribution is -0.141. The lowest BCUT2D eigenvalue weighted by Crippen LogP contribution is -2.07. The number of thioether (sulfide) groups is 2. The van der Waals surface area contributed by atoms with E-state index < -0.39 is 11.9 Å². The van der Waals surface area contributed by atoms with Crippen LogP contribution in [0.3, 0.4) is 0 Å². The van der Waals surface area contributed by atoms with E-state index in [1.54, 1.807) is 23.4 Å². The highest BCUT2D eigenvalue weighted by Crippen LogP contribution is 2.34. The number of alkyl halides is 3. The number of aromatic nitrogens is 4. The maximum atomic E-state index is 12.9. The Balaban J connectivity index is 2.20. The van der Waals surface area contributed by atoms with E-state index in [9.17, 15) is 13.2 Å². The molecule has 4 nitrogen and oxygen atoms in total. The normalized spacial score (nSPS) is 12.1. The molecule has 0 spiro atoms. The van der Waals surface area contributed by atoms with Crippen LogP contribution in [-0.2, 0) is 13.2 Å². The standard InChI is InChI=1S/C16H15F3N4S2/c1-4-25-11-5-6-13(24-3)22-14(11)15-21-9-7-12(16(17,18)19)20-8-10(9)23(15)2/h5-8H,4H2,1-3H3. The summed E-state index contributed by atoms with van der Waals surface area (Å²) in [6, 6.07) is 4.88. The quantitative estimate of drug-likeness (QED) is 0.600. The third-order valence-electron chi connectivity index (χ3n) is 3.61. The minimum absolute atomic E-state index is 0.253. The zero-order chi connectivity index (χ0) is 18.2. The number of hydrogen-bond acceptors (Lipinski definition) is 5. The van der Waals surface area contributed by atoms with Gasteiger partial charge < -0.3 is 4.57 Å². The summed E-state index contributed by atoms with van der Waals surface area (Å²) >= 11 is 3.13. The van der Waals surface area contributed by atoms with Crippen molar-refractivity contribution in [3.8, 4) is 11.5 Å². The van der Waals surface area contributed by atoms with Gasteiger partial charge in [0.2, 0.25) is 0 Å². The average molecular weight is 384 g/mol. The Morgan fingerprint density at radius 2 is 1.96 bits per heavy atom. The summed E-state index contributed by atoms with van der Waals surface area (Å²) in [6.07, 6.45) is -1.36. The van der Waals surface area contributed by atoms with Gasteiger partial charge in [0.15, 0.2) is 5.82 Å². The van der Waals surface area contributed by atoms with Crippen molar-refractivity contribution in [1.82, 2.24) is 19.5 Å². The second-order valence-electron chi connectivity index (χ2n) is 5.18. The molecule has 0 atom stereocenters. The number of fused-ring (bicyclic) bond motifs is 1. The fourth-order valence-electron chi connectivity index (χ4n) is 2.43. The zero-order valence-electron chi connectivity index (χ0n) is 13.8. The van der Waals surface area contributed by atoms with Gasteiger partial charge in [0, 0.05) is 11.9 Å². The predicted molar refractivity (Wildman–Crippen MR) is 94.9 cm³/mol. The number of pyridine rings is 2. The Labute approximate surface area is 151 Å². The van der Waals surface area contributed by atoms with Gasteiger partial charge in [-0.1, -0.05) is 6.92 Å². The third kappa shape index (κ3) is 3.48. The van der Waals surface area contributed by atoms with Crippen LogP contribution in [0.1, 0.15) is 12.6 Å². The van der Waals surface area contributed by atoms with Gasteiger partial charge in [-0.3, -0.25) is 0 Å². The SMILES string of the molecule is CCSc1ccc(SC)nc1-c1nc2cc(C(F)(F)F)ncc2n1C. The van der Waals surface area contributed by atoms with E-state index in [1.165, 1.54) is 18.0 Å². The molecule has 0 aliphatic rings. The van der Waals surface area contributed by atoms with E-state index >= 15 is 0 Å². The number of imidazole rings is 1. The first-order chi connectivity index (χ1) is 11.8. The summed E-state index contributed by atoms with van der Waals surface area (Å²) in [5, 5.41) is 0.830. The van der Waals surface area contributed by atoms with Crippen LogP contribution in [0.15, 0.2) is 34.3 Å². The summed E-state index contributed by atoms with van der Waals surface area (Å²) in [5.41, 5.74) is 0.514. The van der Waals surface area contributed by atoms with Crippen LogP contribution in [0, 0.1) is 0 Å². The van der Waals surface area contributed by atoms with Gasteiger partial charge in [-0.05, 0) is 30.2 Å². The molecule has 0 amide bonds. The van der Waals surface area contributed by atoms with E-state index in [2.05, 4.69) is 15.0 Å². The number of aryl methyl sites for hydroxylation is 1. The van der Waals surface area contributed by atoms with Gasteiger partial charge in [-0.15, -0.1) is 23.5 Å². The molecule has 0 aromatic carbocycles. The lowest BCUT2D eigenvalue weighted by atomic mass is 10.3. The number of hydrogen-bond donors (Lipinski definition) is 0. The van der Waals surface area contributed by atoms with Crippen molar-refractivity contribution in [3.05, 3.63) is 30.1 Å². The summed E-state index contributed by atoms with van der Waals surface area (Å²) in [7, 11) is 1.76. The molecule has 0 bridgehead atoms. The highest BCUT2D eigenvalue weighted by atomic mass is 32.2. The van der Waals surface area contributed by atoms with Crippen LogP contribution in [0.2, 0.25) is 0 Å². The Bertz CT molecular complexity index is 922. The zero-order valence-corrected chi connectivity index (χ0v) is 15.4. The maximum absolute atomic E-state index is 12.9. The van der Waals surface area contributed by atoms with Gasteiger partial charge >= 0.3 is 6.18 Å². The van der Waals surface area contributed by atoms with E-state index in [0.29, 0.717) is 17.0 Å². The van der Waals surface area contributed by atoms with Crippen molar-refractivity contribution in [2.75, 3.05) is 12.0 Å². The van der Waals surface area contributed by atoms with Crippen molar-refractivity contribution in [1.29, 1.82) is 0 Å². The highest BCUT2D eigenvalue weighted by Gasteiger charge is 2.33. The van der Waals surface area contributed by atoms with Gasteiger partial charge in [-0.25, -0.2) is 15.0 Å². The largest absolute Gasteiger partial charge is 0.433 e. The summed E-state index contributed by atoms with van der Waals surface area (Å²) in [5.74, 6) is 1.39. The van der Waals surface area contributed by atoms with Crippen molar-refractivity contribution in [2.24, 2.45) is 7.05 Å². The Kier molecular flexibility index (Phi) is 4.97. The van der Waals surface area contributed by atoms with Crippen molar-refractivity contribution in [2.45, 2.75) is 23.0 Å². The molecule has 3 heterocycles. The molecule has 0 aliphatic heterocycles. The first kappa shape index (κ1) is 18.1. The van der Waals surface area contributed by atoms with E-state index in [1.807, 2.05) is 25.3 Å². The molecule has 9 heteroatoms. The van der Waals surface area contributed by atoms with Crippen molar-refractivity contribution in [3.63, 3.8) is 0 Å². The maximum Gasteiger partial charge on any atom is 0.433 e. The molecule has 25 heavy (non-hydrogen) atoms. The van der Waals surface area contributed by atoms with Gasteiger partial charge in [0.05, 0.1) is 22.3 Å². The molecule has 3 rings (SSSR count). The van der Waals surface area contributed by atoms with Crippen LogP contribution in [0.4, 0.5) is 13.2 Å². The fraction of sp³-hybridized carbons (Fsp3) is 0.312. The van der Waals surface area contributed by atoms with Crippen molar-refractivity contribution < 1.29 is 13.2 Å². The van der Waals surface area contributed by atoms with Crippen LogP contribution >= 0.6 is 23.5 Å². The first-order valence-electron chi connectivity index (χ1n) is 7.43. The fourth-order valence-corrected chi connectivity index (χ4v) is 3.57. The van der Waals surface area contributed by atoms with E-state index in [4.69, 9.17) is 0 Å². The van der Waals surface area contributed by atoms with E-state index in [0.717, 1.165) is 21.7 Å². The van der Waals surface area contributed by atoms with Gasteiger partial charge in [0.25, 0.3) is 0 Å². The molecule has 0 unspecified atom stereocenters. The molecule has 0 fully saturated rings. The summed E-state index contributed by atoms with van der Waals surface area (Å²) in [4.78, 5) is 13.5. The number of nitrogens with zero attached hydrogens (tertiary/aromatic N) is 4. The van der Waals surface area contributed by atoms with Gasteiger partial charge in [-0.2, -0.15) is 13.2 Å². The lowest BCUT2D eigenvalue weighted by Gasteiger charge is -2.09. The number of rotatable bonds is 4. The van der Waals surface area contributed by atoms with Crippen LogP contribution < -0.4 is 0 Å². The van der Waals surface area contributed by atoms with Crippen LogP contribution in [-0.4, -0.2) is 31.5 Å². The number of halogens is 3. The molecule has 0 saturated heterocycles. The minimum Gasteiger partial charge on any atom is -0.325 e. The predicted octanol–water partition coefficient (Wildman–Crippen LogP) is 4.88. The van der Waals surface area contributed by atoms with Crippen molar-refractivity contribution >= 4 is 34.6 Å². The van der Waals surface area contributed by atoms with Crippen LogP contribution in [0.25, 0.3) is 22.6 Å². The molecule has 3 aromatic rings. The second kappa shape index (κ2) is 6.87. The monoisotopic (exact) mass is 384 g/mol. The minimum atomic E-state index is -4.49. The molecule has 0 aliphatic carbocycles. The van der Waals surface area contributed by atoms with Gasteiger partial charge in [0.1, 0.15) is 11.4 Å². The molecule has 0 N–H and O–H groups in total. The highest BCUT2D eigenvalue weighted by molar-refractivity contribution is 7.99. The summed E-state index contributed by atoms with van der Waals surface area (Å²) < 4.78 is 40.4. The molecule has 132 valence electrons. The molecule has 0 saturated carbocycles. The first-order valence-corrected chi connectivity index (χ1v) is 9.64. The topological polar surface area (TPSA) is 43.6 Å². The molecular weight excluding hydrogens is 369 g/mol. The smallest absolute Gasteiger partial charge is 0.325 e. The Hall–Kier alpha value is -1.74. The molecular formula is C16H15F3N4S2. The Morgan fingerprint density at radius 3 is 2.60 bits per heavy atom. The van der Waals surface area contributed by atoms with E-state index in [-0.39, 0.29) is 5.52 Å². The average Bonchev–Trinajstić information content (AvgIpc) is 2.91. The Morgan fingerprint density at radius 1 is 1.20 bits per heavy atom. The second-order valence-corrected chi connectivity index (χ2v) is 7.32.